The van der Waals surface area contributed by atoms with E-state index in [2.05, 4.69) is 15.9 Å². The highest BCUT2D eigenvalue weighted by Crippen LogP contribution is 2.33. The van der Waals surface area contributed by atoms with Crippen LogP contribution in [0.3, 0.4) is 0 Å². The number of benzene rings is 1. The summed E-state index contributed by atoms with van der Waals surface area (Å²) in [6.07, 6.45) is 0.824. The standard InChI is InChI=1S/C11H16BrNO2/c1-3-15-11-6-8(4-5-13)9(12)7-10(11)14-2/h6-7H,3-5,13H2,1-2H3. The summed E-state index contributed by atoms with van der Waals surface area (Å²) in [7, 11) is 1.63. The van der Waals surface area contributed by atoms with E-state index in [0.29, 0.717) is 13.2 Å². The molecule has 0 unspecified atom stereocenters. The molecular formula is C11H16BrNO2. The number of rotatable bonds is 5. The molecule has 0 amide bonds. The molecule has 1 aromatic carbocycles. The van der Waals surface area contributed by atoms with Crippen molar-refractivity contribution >= 4 is 15.9 Å². The molecule has 0 spiro atoms. The summed E-state index contributed by atoms with van der Waals surface area (Å²) in [6, 6.07) is 3.88. The van der Waals surface area contributed by atoms with E-state index < -0.39 is 0 Å². The van der Waals surface area contributed by atoms with E-state index >= 15 is 0 Å². The summed E-state index contributed by atoms with van der Waals surface area (Å²) in [5.74, 6) is 1.51. The lowest BCUT2D eigenvalue weighted by atomic mass is 10.1. The zero-order valence-corrected chi connectivity index (χ0v) is 10.6. The number of hydrogen-bond acceptors (Lipinski definition) is 3. The number of hydrogen-bond donors (Lipinski definition) is 1. The Labute approximate surface area is 98.7 Å². The van der Waals surface area contributed by atoms with Gasteiger partial charge >= 0.3 is 0 Å². The van der Waals surface area contributed by atoms with Gasteiger partial charge in [0, 0.05) is 4.47 Å². The fourth-order valence-corrected chi connectivity index (χ4v) is 1.87. The predicted molar refractivity (Wildman–Crippen MR) is 64.6 cm³/mol. The highest BCUT2D eigenvalue weighted by molar-refractivity contribution is 9.10. The third-order valence-corrected chi connectivity index (χ3v) is 2.78. The van der Waals surface area contributed by atoms with Crippen molar-refractivity contribution < 1.29 is 9.47 Å². The molecule has 1 aromatic rings. The molecule has 0 aliphatic rings. The van der Waals surface area contributed by atoms with E-state index in [1.54, 1.807) is 7.11 Å². The van der Waals surface area contributed by atoms with Gasteiger partial charge in [-0.3, -0.25) is 0 Å². The van der Waals surface area contributed by atoms with Crippen molar-refractivity contribution in [2.75, 3.05) is 20.3 Å². The molecule has 0 heterocycles. The van der Waals surface area contributed by atoms with Gasteiger partial charge in [0.2, 0.25) is 0 Å². The second kappa shape index (κ2) is 5.98. The minimum absolute atomic E-state index is 0.622. The van der Waals surface area contributed by atoms with Gasteiger partial charge < -0.3 is 15.2 Å². The number of methoxy groups -OCH3 is 1. The first-order valence-corrected chi connectivity index (χ1v) is 5.71. The van der Waals surface area contributed by atoms with Crippen LogP contribution in [-0.2, 0) is 6.42 Å². The molecule has 1 rings (SSSR count). The first-order valence-electron chi connectivity index (χ1n) is 4.92. The zero-order chi connectivity index (χ0) is 11.3. The first-order chi connectivity index (χ1) is 7.22. The second-order valence-electron chi connectivity index (χ2n) is 3.07. The number of ether oxygens (including phenoxy) is 2. The van der Waals surface area contributed by atoms with Gasteiger partial charge in [0.1, 0.15) is 0 Å². The Morgan fingerprint density at radius 3 is 2.60 bits per heavy atom. The molecular weight excluding hydrogens is 258 g/mol. The number of nitrogens with two attached hydrogens (primary N) is 1. The molecule has 0 bridgehead atoms. The van der Waals surface area contributed by atoms with E-state index in [1.165, 1.54) is 0 Å². The second-order valence-corrected chi connectivity index (χ2v) is 3.92. The molecule has 0 saturated heterocycles. The normalized spacial score (nSPS) is 10.1. The van der Waals surface area contributed by atoms with Crippen LogP contribution in [0, 0.1) is 0 Å². The van der Waals surface area contributed by atoms with E-state index in [-0.39, 0.29) is 0 Å². The maximum Gasteiger partial charge on any atom is 0.161 e. The zero-order valence-electron chi connectivity index (χ0n) is 9.05. The molecule has 2 N–H and O–H groups in total. The molecule has 0 radical (unpaired) electrons. The van der Waals surface area contributed by atoms with Crippen LogP contribution in [0.2, 0.25) is 0 Å². The van der Waals surface area contributed by atoms with Crippen molar-refractivity contribution in [1.82, 2.24) is 0 Å². The van der Waals surface area contributed by atoms with Crippen molar-refractivity contribution in [3.63, 3.8) is 0 Å². The van der Waals surface area contributed by atoms with Crippen LogP contribution in [0.1, 0.15) is 12.5 Å². The fourth-order valence-electron chi connectivity index (χ4n) is 1.35. The van der Waals surface area contributed by atoms with E-state index in [1.807, 2.05) is 19.1 Å². The molecule has 0 aromatic heterocycles. The minimum Gasteiger partial charge on any atom is -0.493 e. The van der Waals surface area contributed by atoms with Gasteiger partial charge in [-0.1, -0.05) is 15.9 Å². The first kappa shape index (κ1) is 12.3. The third-order valence-electron chi connectivity index (χ3n) is 2.05. The lowest BCUT2D eigenvalue weighted by Crippen LogP contribution is -2.04. The summed E-state index contributed by atoms with van der Waals surface area (Å²) in [5.41, 5.74) is 6.67. The van der Waals surface area contributed by atoms with Gasteiger partial charge in [-0.15, -0.1) is 0 Å². The quantitative estimate of drug-likeness (QED) is 0.896. The van der Waals surface area contributed by atoms with Gasteiger partial charge in [-0.05, 0) is 37.6 Å². The highest BCUT2D eigenvalue weighted by atomic mass is 79.9. The third kappa shape index (κ3) is 3.11. The van der Waals surface area contributed by atoms with Gasteiger partial charge in [-0.25, -0.2) is 0 Å². The Morgan fingerprint density at radius 2 is 2.07 bits per heavy atom. The lowest BCUT2D eigenvalue weighted by molar-refractivity contribution is 0.310. The molecule has 4 heteroatoms. The van der Waals surface area contributed by atoms with Crippen molar-refractivity contribution in [1.29, 1.82) is 0 Å². The van der Waals surface area contributed by atoms with E-state index in [4.69, 9.17) is 15.2 Å². The van der Waals surface area contributed by atoms with Crippen LogP contribution in [0.15, 0.2) is 16.6 Å². The van der Waals surface area contributed by atoms with E-state index in [0.717, 1.165) is 28.0 Å². The lowest BCUT2D eigenvalue weighted by Gasteiger charge is -2.12. The van der Waals surface area contributed by atoms with Crippen molar-refractivity contribution in [2.24, 2.45) is 5.73 Å². The van der Waals surface area contributed by atoms with Crippen LogP contribution in [0.25, 0.3) is 0 Å². The van der Waals surface area contributed by atoms with Gasteiger partial charge in [0.15, 0.2) is 11.5 Å². The molecule has 3 nitrogen and oxygen atoms in total. The highest BCUT2D eigenvalue weighted by Gasteiger charge is 2.09. The van der Waals surface area contributed by atoms with Crippen molar-refractivity contribution in [2.45, 2.75) is 13.3 Å². The van der Waals surface area contributed by atoms with Crippen LogP contribution < -0.4 is 15.2 Å². The molecule has 0 aliphatic carbocycles. The monoisotopic (exact) mass is 273 g/mol. The Kier molecular flexibility index (Phi) is 4.91. The summed E-state index contributed by atoms with van der Waals surface area (Å²) in [5, 5.41) is 0. The predicted octanol–water partition coefficient (Wildman–Crippen LogP) is 2.36. The number of halogens is 1. The Morgan fingerprint density at radius 1 is 1.33 bits per heavy atom. The Balaban J connectivity index is 3.05. The van der Waals surface area contributed by atoms with Gasteiger partial charge in [0.05, 0.1) is 13.7 Å². The van der Waals surface area contributed by atoms with E-state index in [9.17, 15) is 0 Å². The summed E-state index contributed by atoms with van der Waals surface area (Å²) in [4.78, 5) is 0. The molecule has 0 saturated carbocycles. The maximum absolute atomic E-state index is 5.53. The average molecular weight is 274 g/mol. The van der Waals surface area contributed by atoms with Gasteiger partial charge in [0.25, 0.3) is 0 Å². The minimum atomic E-state index is 0.622. The maximum atomic E-state index is 5.53. The van der Waals surface area contributed by atoms with Crippen LogP contribution in [0.4, 0.5) is 0 Å². The molecule has 84 valence electrons. The van der Waals surface area contributed by atoms with Gasteiger partial charge in [-0.2, -0.15) is 0 Å². The van der Waals surface area contributed by atoms with Crippen LogP contribution >= 0.6 is 15.9 Å². The van der Waals surface area contributed by atoms with Crippen molar-refractivity contribution in [3.8, 4) is 11.5 Å². The Hall–Kier alpha value is -0.740. The SMILES string of the molecule is CCOc1cc(CCN)c(Br)cc1OC. The molecule has 0 atom stereocenters. The Bertz CT molecular complexity index is 329. The molecule has 0 aliphatic heterocycles. The summed E-state index contributed by atoms with van der Waals surface area (Å²) < 4.78 is 11.7. The van der Waals surface area contributed by atoms with Crippen LogP contribution in [-0.4, -0.2) is 20.3 Å². The summed E-state index contributed by atoms with van der Waals surface area (Å²) in [6.45, 7) is 3.20. The fraction of sp³-hybridized carbons (Fsp3) is 0.455. The molecule has 15 heavy (non-hydrogen) atoms. The largest absolute Gasteiger partial charge is 0.493 e. The molecule has 0 fully saturated rings. The van der Waals surface area contributed by atoms with Crippen molar-refractivity contribution in [3.05, 3.63) is 22.2 Å². The average Bonchev–Trinajstić information content (AvgIpc) is 2.23. The smallest absolute Gasteiger partial charge is 0.161 e. The summed E-state index contributed by atoms with van der Waals surface area (Å²) >= 11 is 3.48. The topological polar surface area (TPSA) is 44.5 Å². The van der Waals surface area contributed by atoms with Crippen LogP contribution in [0.5, 0.6) is 11.5 Å².